The molecule has 0 aromatic rings. The number of methoxy groups -OCH3 is 1. The van der Waals surface area contributed by atoms with Gasteiger partial charge in [-0.25, -0.2) is 0 Å². The highest BCUT2D eigenvalue weighted by Gasteiger charge is 2.15. The maximum atomic E-state index is 10.5. The molecule has 0 fully saturated rings. The van der Waals surface area contributed by atoms with Gasteiger partial charge in [0.25, 0.3) is 0 Å². The van der Waals surface area contributed by atoms with Crippen LogP contribution in [0.15, 0.2) is 0 Å². The summed E-state index contributed by atoms with van der Waals surface area (Å²) in [5, 5.41) is 17.0. The van der Waals surface area contributed by atoms with Crippen LogP contribution in [0.1, 0.15) is 6.42 Å². The second-order valence-electron chi connectivity index (χ2n) is 3.03. The Balaban J connectivity index is 3.27. The number of nitriles is 1. The van der Waals surface area contributed by atoms with E-state index in [1.54, 1.807) is 13.2 Å². The Kier molecular flexibility index (Phi) is 9.61. The third-order valence-corrected chi connectivity index (χ3v) is 1.81. The van der Waals surface area contributed by atoms with Crippen LogP contribution in [0.3, 0.4) is 0 Å². The van der Waals surface area contributed by atoms with Gasteiger partial charge in [0.1, 0.15) is 5.92 Å². The van der Waals surface area contributed by atoms with Gasteiger partial charge in [0.05, 0.1) is 32.5 Å². The van der Waals surface area contributed by atoms with Gasteiger partial charge in [-0.05, 0) is 6.42 Å². The van der Waals surface area contributed by atoms with Crippen LogP contribution in [0.5, 0.6) is 0 Å². The number of nitrogens with zero attached hydrogens (tertiary/aromatic N) is 1. The van der Waals surface area contributed by atoms with E-state index in [0.717, 1.165) is 0 Å². The molecule has 1 unspecified atom stereocenters. The molecular formula is C10H17NO5. The Bertz CT molecular complexity index is 226. The van der Waals surface area contributed by atoms with E-state index in [0.29, 0.717) is 26.4 Å². The first-order chi connectivity index (χ1) is 7.72. The van der Waals surface area contributed by atoms with Crippen molar-refractivity contribution in [1.82, 2.24) is 0 Å². The first-order valence-corrected chi connectivity index (χ1v) is 4.99. The minimum Gasteiger partial charge on any atom is -0.480 e. The molecule has 0 radical (unpaired) electrons. The molecule has 0 bridgehead atoms. The van der Waals surface area contributed by atoms with E-state index in [9.17, 15) is 4.79 Å². The summed E-state index contributed by atoms with van der Waals surface area (Å²) < 4.78 is 15.0. The minimum atomic E-state index is -1.11. The highest BCUT2D eigenvalue weighted by Crippen LogP contribution is 2.01. The lowest BCUT2D eigenvalue weighted by molar-refractivity contribution is -0.140. The van der Waals surface area contributed by atoms with Gasteiger partial charge in [-0.2, -0.15) is 5.26 Å². The van der Waals surface area contributed by atoms with Gasteiger partial charge in [0, 0.05) is 13.7 Å². The van der Waals surface area contributed by atoms with Crippen LogP contribution in [-0.4, -0.2) is 51.2 Å². The van der Waals surface area contributed by atoms with Crippen molar-refractivity contribution >= 4 is 5.97 Å². The molecule has 0 aliphatic rings. The highest BCUT2D eigenvalue weighted by atomic mass is 16.5. The largest absolute Gasteiger partial charge is 0.480 e. The number of carboxylic acid groups (broad SMARTS) is 1. The standard InChI is InChI=1S/C10H17NO5/c1-14-4-5-16-7-6-15-3-2-9(8-11)10(12)13/h9H,2-7H2,1H3,(H,12,13). The van der Waals surface area contributed by atoms with Gasteiger partial charge < -0.3 is 19.3 Å². The van der Waals surface area contributed by atoms with Crippen LogP contribution in [0, 0.1) is 17.2 Å². The SMILES string of the molecule is COCCOCCOCCC(C#N)C(=O)O. The molecule has 1 atom stereocenters. The fraction of sp³-hybridized carbons (Fsp3) is 0.800. The average Bonchev–Trinajstić information content (AvgIpc) is 2.26. The molecule has 6 heteroatoms. The summed E-state index contributed by atoms with van der Waals surface area (Å²) in [6.45, 7) is 2.12. The van der Waals surface area contributed by atoms with Crippen molar-refractivity contribution in [2.45, 2.75) is 6.42 Å². The van der Waals surface area contributed by atoms with Crippen LogP contribution in [0.4, 0.5) is 0 Å². The number of hydrogen-bond donors (Lipinski definition) is 1. The monoisotopic (exact) mass is 231 g/mol. The Morgan fingerprint density at radius 2 is 1.81 bits per heavy atom. The molecule has 0 saturated carbocycles. The molecule has 0 spiro atoms. The summed E-state index contributed by atoms with van der Waals surface area (Å²) >= 11 is 0. The van der Waals surface area contributed by atoms with E-state index in [4.69, 9.17) is 24.6 Å². The first-order valence-electron chi connectivity index (χ1n) is 4.99. The van der Waals surface area contributed by atoms with Gasteiger partial charge >= 0.3 is 5.97 Å². The van der Waals surface area contributed by atoms with Crippen molar-refractivity contribution in [3.05, 3.63) is 0 Å². The molecular weight excluding hydrogens is 214 g/mol. The molecule has 92 valence electrons. The van der Waals surface area contributed by atoms with Crippen LogP contribution in [0.25, 0.3) is 0 Å². The number of carboxylic acids is 1. The van der Waals surface area contributed by atoms with Crippen LogP contribution < -0.4 is 0 Å². The zero-order valence-corrected chi connectivity index (χ0v) is 9.35. The van der Waals surface area contributed by atoms with Gasteiger partial charge in [-0.3, -0.25) is 4.79 Å². The minimum absolute atomic E-state index is 0.198. The zero-order valence-electron chi connectivity index (χ0n) is 9.35. The van der Waals surface area contributed by atoms with E-state index >= 15 is 0 Å². The molecule has 16 heavy (non-hydrogen) atoms. The van der Waals surface area contributed by atoms with Crippen molar-refractivity contribution < 1.29 is 24.1 Å². The molecule has 0 aromatic carbocycles. The number of ether oxygens (including phenoxy) is 3. The molecule has 0 saturated heterocycles. The molecule has 0 aliphatic carbocycles. The van der Waals surface area contributed by atoms with E-state index in [2.05, 4.69) is 0 Å². The quantitative estimate of drug-likeness (QED) is 0.543. The molecule has 0 rings (SSSR count). The first kappa shape index (κ1) is 14.8. The lowest BCUT2D eigenvalue weighted by Gasteiger charge is -2.06. The van der Waals surface area contributed by atoms with E-state index in [1.807, 2.05) is 0 Å². The molecule has 0 amide bonds. The second-order valence-corrected chi connectivity index (χ2v) is 3.03. The summed E-state index contributed by atoms with van der Waals surface area (Å²) in [4.78, 5) is 10.5. The van der Waals surface area contributed by atoms with Gasteiger partial charge in [-0.15, -0.1) is 0 Å². The number of aliphatic carboxylic acids is 1. The van der Waals surface area contributed by atoms with Gasteiger partial charge in [0.2, 0.25) is 0 Å². The maximum absolute atomic E-state index is 10.5. The molecule has 0 aliphatic heterocycles. The van der Waals surface area contributed by atoms with E-state index in [1.165, 1.54) is 0 Å². The summed E-state index contributed by atoms with van der Waals surface area (Å²) in [7, 11) is 1.59. The normalized spacial score (nSPS) is 12.0. The van der Waals surface area contributed by atoms with Crippen molar-refractivity contribution in [3.8, 4) is 6.07 Å². The zero-order chi connectivity index (χ0) is 12.2. The van der Waals surface area contributed by atoms with Crippen LogP contribution in [0.2, 0.25) is 0 Å². The highest BCUT2D eigenvalue weighted by molar-refractivity contribution is 5.72. The second kappa shape index (κ2) is 10.4. The number of hydrogen-bond acceptors (Lipinski definition) is 5. The summed E-state index contributed by atoms with van der Waals surface area (Å²) in [5.74, 6) is -2.10. The van der Waals surface area contributed by atoms with Crippen LogP contribution in [-0.2, 0) is 19.0 Å². The Morgan fingerprint density at radius 1 is 1.25 bits per heavy atom. The lowest BCUT2D eigenvalue weighted by Crippen LogP contribution is -2.15. The maximum Gasteiger partial charge on any atom is 0.320 e. The smallest absolute Gasteiger partial charge is 0.320 e. The fourth-order valence-corrected chi connectivity index (χ4v) is 0.909. The topological polar surface area (TPSA) is 88.8 Å². The molecule has 6 nitrogen and oxygen atoms in total. The summed E-state index contributed by atoms with van der Waals surface area (Å²) in [6, 6.07) is 1.69. The Morgan fingerprint density at radius 3 is 2.31 bits per heavy atom. The Labute approximate surface area is 94.7 Å². The predicted molar refractivity (Wildman–Crippen MR) is 54.9 cm³/mol. The lowest BCUT2D eigenvalue weighted by atomic mass is 10.1. The van der Waals surface area contributed by atoms with Crippen molar-refractivity contribution in [3.63, 3.8) is 0 Å². The molecule has 0 heterocycles. The van der Waals surface area contributed by atoms with Crippen LogP contribution >= 0.6 is 0 Å². The van der Waals surface area contributed by atoms with Gasteiger partial charge in [-0.1, -0.05) is 0 Å². The number of rotatable bonds is 10. The summed E-state index contributed by atoms with van der Waals surface area (Å²) in [5.41, 5.74) is 0. The van der Waals surface area contributed by atoms with Crippen molar-refractivity contribution in [2.75, 3.05) is 40.1 Å². The summed E-state index contributed by atoms with van der Waals surface area (Å²) in [6.07, 6.45) is 0.198. The van der Waals surface area contributed by atoms with Crippen molar-refractivity contribution in [1.29, 1.82) is 5.26 Å². The predicted octanol–water partition coefficient (Wildman–Crippen LogP) is 0.280. The molecule has 1 N–H and O–H groups in total. The number of carbonyl (C=O) groups is 1. The van der Waals surface area contributed by atoms with E-state index in [-0.39, 0.29) is 13.0 Å². The van der Waals surface area contributed by atoms with Crippen molar-refractivity contribution in [2.24, 2.45) is 5.92 Å². The Hall–Kier alpha value is -1.16. The third kappa shape index (κ3) is 8.17. The van der Waals surface area contributed by atoms with Gasteiger partial charge in [0.15, 0.2) is 0 Å². The third-order valence-electron chi connectivity index (χ3n) is 1.81. The van der Waals surface area contributed by atoms with E-state index < -0.39 is 11.9 Å². The molecule has 0 aromatic heterocycles. The fourth-order valence-electron chi connectivity index (χ4n) is 0.909. The average molecular weight is 231 g/mol.